The van der Waals surface area contributed by atoms with Crippen molar-refractivity contribution in [3.05, 3.63) is 25.3 Å². The van der Waals surface area contributed by atoms with Crippen LogP contribution in [-0.2, 0) is 4.79 Å². The lowest BCUT2D eigenvalue weighted by Gasteiger charge is -2.63. The highest BCUT2D eigenvalue weighted by Gasteiger charge is 2.66. The zero-order valence-corrected chi connectivity index (χ0v) is 16.4. The van der Waals surface area contributed by atoms with E-state index in [-0.39, 0.29) is 35.5 Å². The minimum atomic E-state index is -0.854. The molecule has 2 aliphatic heterocycles. The molecule has 2 aliphatic rings. The zero-order chi connectivity index (χ0) is 19.0. The molecule has 1 N–H and O–H groups in total. The zero-order valence-electron chi connectivity index (χ0n) is 16.4. The molecule has 0 aliphatic carbocycles. The van der Waals surface area contributed by atoms with Gasteiger partial charge in [0.2, 0.25) is 0 Å². The summed E-state index contributed by atoms with van der Waals surface area (Å²) in [4.78, 5) is 29.6. The number of rotatable bonds is 6. The molecule has 0 saturated carbocycles. The highest BCUT2D eigenvalue weighted by atomic mass is 16.2. The number of hydrogen-bond donors (Lipinski definition) is 1. The normalized spacial score (nSPS) is 38.9. The lowest BCUT2D eigenvalue weighted by atomic mass is 9.60. The summed E-state index contributed by atoms with van der Waals surface area (Å²) in [6, 6.07) is -0.300. The minimum absolute atomic E-state index is 0.0177. The van der Waals surface area contributed by atoms with Crippen LogP contribution in [-0.4, -0.2) is 51.4 Å². The Labute approximate surface area is 152 Å². The van der Waals surface area contributed by atoms with E-state index in [2.05, 4.69) is 58.0 Å². The number of piperidine rings is 1. The second kappa shape index (κ2) is 6.60. The Morgan fingerprint density at radius 3 is 2.24 bits per heavy atom. The smallest absolute Gasteiger partial charge is 0.323 e. The number of hydrogen-bond acceptors (Lipinski definition) is 3. The number of nitrogens with zero attached hydrogens (tertiary/aromatic N) is 2. The molecular formula is C20H33N3O2. The number of amides is 3. The second-order valence-corrected chi connectivity index (χ2v) is 7.96. The van der Waals surface area contributed by atoms with Gasteiger partial charge in [0.05, 0.1) is 0 Å². The van der Waals surface area contributed by atoms with Crippen LogP contribution < -0.4 is 5.32 Å². The van der Waals surface area contributed by atoms with Crippen molar-refractivity contribution in [1.82, 2.24) is 15.1 Å². The van der Waals surface area contributed by atoms with Crippen LogP contribution in [0, 0.1) is 5.92 Å². The number of likely N-dealkylation sites (tertiary alicyclic amines) is 1. The van der Waals surface area contributed by atoms with Crippen LogP contribution in [0.2, 0.25) is 0 Å². The monoisotopic (exact) mass is 347 g/mol. The maximum Gasteiger partial charge on any atom is 0.325 e. The highest BCUT2D eigenvalue weighted by molar-refractivity contribution is 6.07. The van der Waals surface area contributed by atoms with E-state index < -0.39 is 5.54 Å². The van der Waals surface area contributed by atoms with Gasteiger partial charge in [-0.25, -0.2) is 4.79 Å². The van der Waals surface area contributed by atoms with Crippen LogP contribution in [0.25, 0.3) is 0 Å². The molecule has 2 saturated heterocycles. The summed E-state index contributed by atoms with van der Waals surface area (Å²) in [7, 11) is 0. The molecule has 0 aromatic heterocycles. The van der Waals surface area contributed by atoms with Crippen molar-refractivity contribution in [3.63, 3.8) is 0 Å². The van der Waals surface area contributed by atoms with Gasteiger partial charge in [0.25, 0.3) is 5.91 Å². The van der Waals surface area contributed by atoms with Crippen LogP contribution in [0.4, 0.5) is 4.79 Å². The molecule has 140 valence electrons. The SMILES string of the molecule is C=CCN1C(=O)NC2(CC(C)(CC)N(CC=C)C(C)(CC)C2C)C1=O. The van der Waals surface area contributed by atoms with E-state index in [0.717, 1.165) is 19.4 Å². The maximum atomic E-state index is 13.3. The molecule has 2 heterocycles. The van der Waals surface area contributed by atoms with Gasteiger partial charge in [-0.1, -0.05) is 32.9 Å². The van der Waals surface area contributed by atoms with E-state index in [1.54, 1.807) is 6.08 Å². The first-order chi connectivity index (χ1) is 11.7. The van der Waals surface area contributed by atoms with Gasteiger partial charge in [0, 0.05) is 30.1 Å². The summed E-state index contributed by atoms with van der Waals surface area (Å²) in [5, 5.41) is 3.08. The van der Waals surface area contributed by atoms with Crippen molar-refractivity contribution in [3.8, 4) is 0 Å². The van der Waals surface area contributed by atoms with E-state index in [1.807, 2.05) is 6.08 Å². The number of carbonyl (C=O) groups is 2. The summed E-state index contributed by atoms with van der Waals surface area (Å²) in [6.07, 6.45) is 5.94. The fourth-order valence-corrected chi connectivity index (χ4v) is 4.95. The third-order valence-corrected chi connectivity index (χ3v) is 6.90. The van der Waals surface area contributed by atoms with Crippen LogP contribution in [0.15, 0.2) is 25.3 Å². The Morgan fingerprint density at radius 2 is 1.76 bits per heavy atom. The topological polar surface area (TPSA) is 52.7 Å². The lowest BCUT2D eigenvalue weighted by molar-refractivity contribution is -0.153. The summed E-state index contributed by atoms with van der Waals surface area (Å²) in [5.41, 5.74) is -1.27. The summed E-state index contributed by atoms with van der Waals surface area (Å²) in [5.74, 6) is -0.127. The van der Waals surface area contributed by atoms with Crippen LogP contribution in [0.1, 0.15) is 53.9 Å². The summed E-state index contributed by atoms with van der Waals surface area (Å²) < 4.78 is 0. The number of carbonyl (C=O) groups excluding carboxylic acids is 2. The van der Waals surface area contributed by atoms with E-state index in [4.69, 9.17) is 0 Å². The molecule has 4 unspecified atom stereocenters. The lowest BCUT2D eigenvalue weighted by Crippen LogP contribution is -2.75. The molecule has 0 bridgehead atoms. The number of imide groups is 1. The van der Waals surface area contributed by atoms with Gasteiger partial charge in [0.15, 0.2) is 0 Å². The molecule has 0 radical (unpaired) electrons. The van der Waals surface area contributed by atoms with E-state index in [9.17, 15) is 9.59 Å². The van der Waals surface area contributed by atoms with Gasteiger partial charge in [-0.05, 0) is 33.1 Å². The summed E-state index contributed by atoms with van der Waals surface area (Å²) in [6.45, 7) is 19.5. The average molecular weight is 348 g/mol. The number of urea groups is 1. The first-order valence-corrected chi connectivity index (χ1v) is 9.30. The molecular weight excluding hydrogens is 314 g/mol. The fourth-order valence-electron chi connectivity index (χ4n) is 4.95. The van der Waals surface area contributed by atoms with Gasteiger partial charge >= 0.3 is 6.03 Å². The van der Waals surface area contributed by atoms with Gasteiger partial charge in [-0.15, -0.1) is 13.2 Å². The minimum Gasteiger partial charge on any atom is -0.323 e. The van der Waals surface area contributed by atoms with Crippen molar-refractivity contribution < 1.29 is 9.59 Å². The molecule has 1 spiro atoms. The molecule has 2 rings (SSSR count). The Bertz CT molecular complexity index is 589. The van der Waals surface area contributed by atoms with Crippen molar-refractivity contribution in [2.75, 3.05) is 13.1 Å². The molecule has 0 aromatic carbocycles. The standard InChI is InChI=1S/C20H33N3O2/c1-8-12-22-16(24)20(21-17(22)25)14-18(6,10-3)23(13-9-2)19(7,11-4)15(20)5/h8-9,15H,1-2,10-14H2,3-7H3,(H,21,25). The van der Waals surface area contributed by atoms with Crippen molar-refractivity contribution in [2.45, 2.75) is 70.5 Å². The molecule has 2 fully saturated rings. The second-order valence-electron chi connectivity index (χ2n) is 7.96. The Balaban J connectivity index is 2.58. The van der Waals surface area contributed by atoms with Crippen LogP contribution in [0.3, 0.4) is 0 Å². The van der Waals surface area contributed by atoms with Crippen molar-refractivity contribution >= 4 is 11.9 Å². The molecule has 3 amide bonds. The Hall–Kier alpha value is -1.62. The van der Waals surface area contributed by atoms with Crippen LogP contribution in [0.5, 0.6) is 0 Å². The Morgan fingerprint density at radius 1 is 1.16 bits per heavy atom. The fraction of sp³-hybridized carbons (Fsp3) is 0.700. The first kappa shape index (κ1) is 19.7. The predicted molar refractivity (Wildman–Crippen MR) is 101 cm³/mol. The largest absolute Gasteiger partial charge is 0.325 e. The van der Waals surface area contributed by atoms with E-state index in [0.29, 0.717) is 6.42 Å². The van der Waals surface area contributed by atoms with Gasteiger partial charge in [0.1, 0.15) is 5.54 Å². The predicted octanol–water partition coefficient (Wildman–Crippen LogP) is 3.33. The third-order valence-electron chi connectivity index (χ3n) is 6.90. The van der Waals surface area contributed by atoms with Gasteiger partial charge < -0.3 is 5.32 Å². The molecule has 4 atom stereocenters. The third kappa shape index (κ3) is 2.64. The maximum absolute atomic E-state index is 13.3. The molecule has 0 aromatic rings. The quantitative estimate of drug-likeness (QED) is 0.592. The average Bonchev–Trinajstić information content (AvgIpc) is 2.82. The molecule has 5 nitrogen and oxygen atoms in total. The van der Waals surface area contributed by atoms with Crippen molar-refractivity contribution in [2.24, 2.45) is 5.92 Å². The molecule has 5 heteroatoms. The first-order valence-electron chi connectivity index (χ1n) is 9.30. The van der Waals surface area contributed by atoms with Crippen molar-refractivity contribution in [1.29, 1.82) is 0 Å². The van der Waals surface area contributed by atoms with Gasteiger partial charge in [-0.2, -0.15) is 0 Å². The highest BCUT2D eigenvalue weighted by Crippen LogP contribution is 2.51. The van der Waals surface area contributed by atoms with E-state index >= 15 is 0 Å². The van der Waals surface area contributed by atoms with Crippen LogP contribution >= 0.6 is 0 Å². The molecule has 25 heavy (non-hydrogen) atoms. The van der Waals surface area contributed by atoms with Gasteiger partial charge in [-0.3, -0.25) is 14.6 Å². The van der Waals surface area contributed by atoms with E-state index in [1.165, 1.54) is 4.90 Å². The number of nitrogens with one attached hydrogen (secondary N) is 1. The Kier molecular flexibility index (Phi) is 5.20. The summed E-state index contributed by atoms with van der Waals surface area (Å²) >= 11 is 0.